The van der Waals surface area contributed by atoms with Gasteiger partial charge in [-0.2, -0.15) is 0 Å². The van der Waals surface area contributed by atoms with Gasteiger partial charge in [-0.05, 0) is 71.4 Å². The molecule has 2 heterocycles. The molecule has 0 unspecified atom stereocenters. The van der Waals surface area contributed by atoms with E-state index in [-0.39, 0.29) is 0 Å². The van der Waals surface area contributed by atoms with Crippen LogP contribution in [0.2, 0.25) is 0 Å². The highest BCUT2D eigenvalue weighted by molar-refractivity contribution is 6.33. The zero-order valence-electron chi connectivity index (χ0n) is 30.8. The van der Waals surface area contributed by atoms with Crippen molar-refractivity contribution in [1.29, 1.82) is 0 Å². The molecule has 0 spiro atoms. The molecule has 57 heavy (non-hydrogen) atoms. The summed E-state index contributed by atoms with van der Waals surface area (Å²) >= 11 is 0. The van der Waals surface area contributed by atoms with Gasteiger partial charge in [0.15, 0.2) is 0 Å². The Morgan fingerprint density at radius 2 is 0.772 bits per heavy atom. The van der Waals surface area contributed by atoms with E-state index in [9.17, 15) is 0 Å². The van der Waals surface area contributed by atoms with Crippen molar-refractivity contribution in [3.63, 3.8) is 0 Å². The van der Waals surface area contributed by atoms with Gasteiger partial charge in [-0.1, -0.05) is 176 Å². The molecule has 13 rings (SSSR count). The second kappa shape index (κ2) is 11.5. The van der Waals surface area contributed by atoms with E-state index in [1.165, 1.54) is 64.8 Å². The average Bonchev–Trinajstić information content (AvgIpc) is 3.68. The van der Waals surface area contributed by atoms with E-state index >= 15 is 0 Å². The van der Waals surface area contributed by atoms with Crippen LogP contribution in [-0.2, 0) is 0 Å². The minimum atomic E-state index is 0.901. The molecule has 0 radical (unpaired) electrons. The summed E-state index contributed by atoms with van der Waals surface area (Å²) in [6.07, 6.45) is 0. The second-order valence-corrected chi connectivity index (χ2v) is 15.3. The van der Waals surface area contributed by atoms with Crippen LogP contribution < -0.4 is 0 Å². The smallest absolute Gasteiger partial charge is 0.143 e. The van der Waals surface area contributed by atoms with Crippen molar-refractivity contribution in [2.45, 2.75) is 0 Å². The van der Waals surface area contributed by atoms with E-state index in [2.05, 4.69) is 188 Å². The fraction of sp³-hybridized carbons (Fsp3) is 0. The predicted molar refractivity (Wildman–Crippen MR) is 242 cm³/mol. The lowest BCUT2D eigenvalue weighted by atomic mass is 9.84. The van der Waals surface area contributed by atoms with Crippen LogP contribution in [0.5, 0.6) is 0 Å². The maximum atomic E-state index is 7.04. The molecule has 2 heteroatoms. The Kier molecular flexibility index (Phi) is 6.19. The summed E-state index contributed by atoms with van der Waals surface area (Å²) in [5, 5.41) is 20.1. The number of hydrogen-bond donors (Lipinski definition) is 0. The van der Waals surface area contributed by atoms with Crippen molar-refractivity contribution in [1.82, 2.24) is 4.98 Å². The van der Waals surface area contributed by atoms with E-state index in [4.69, 9.17) is 9.40 Å². The lowest BCUT2D eigenvalue weighted by molar-refractivity contribution is 0.670. The zero-order chi connectivity index (χ0) is 37.2. The van der Waals surface area contributed by atoms with Crippen molar-refractivity contribution in [3.8, 4) is 22.4 Å². The summed E-state index contributed by atoms with van der Waals surface area (Å²) < 4.78 is 7.04. The largest absolute Gasteiger partial charge is 0.455 e. The minimum Gasteiger partial charge on any atom is -0.455 e. The number of benzene rings is 11. The van der Waals surface area contributed by atoms with E-state index in [0.717, 1.165) is 65.8 Å². The Hall–Kier alpha value is -7.55. The summed E-state index contributed by atoms with van der Waals surface area (Å²) in [5.74, 6) is 0. The van der Waals surface area contributed by atoms with Crippen LogP contribution >= 0.6 is 0 Å². The normalized spacial score (nSPS) is 12.2. The van der Waals surface area contributed by atoms with Gasteiger partial charge in [-0.3, -0.25) is 0 Å². The summed E-state index contributed by atoms with van der Waals surface area (Å²) in [6, 6.07) is 68.3. The molecule has 13 aromatic rings. The molecule has 11 aromatic carbocycles. The summed E-state index contributed by atoms with van der Waals surface area (Å²) in [5.41, 5.74) is 7.24. The number of aromatic nitrogens is 1. The highest BCUT2D eigenvalue weighted by Gasteiger charge is 2.25. The third-order valence-electron chi connectivity index (χ3n) is 12.4. The van der Waals surface area contributed by atoms with E-state index in [1.807, 2.05) is 0 Å². The second-order valence-electron chi connectivity index (χ2n) is 15.3. The number of nitrogens with zero attached hydrogens (tertiary/aromatic N) is 1. The third kappa shape index (κ3) is 4.22. The van der Waals surface area contributed by atoms with Crippen molar-refractivity contribution >= 4 is 108 Å². The van der Waals surface area contributed by atoms with Crippen LogP contribution in [0.4, 0.5) is 0 Å². The Balaban J connectivity index is 1.23. The predicted octanol–water partition coefficient (Wildman–Crippen LogP) is 15.5. The number of furan rings is 1. The van der Waals surface area contributed by atoms with Crippen LogP contribution in [0.3, 0.4) is 0 Å². The van der Waals surface area contributed by atoms with Crippen LogP contribution in [-0.4, -0.2) is 4.98 Å². The van der Waals surface area contributed by atoms with Crippen LogP contribution in [0.25, 0.3) is 131 Å². The highest BCUT2D eigenvalue weighted by atomic mass is 16.3. The first kappa shape index (κ1) is 30.7. The molecule has 2 aromatic heterocycles. The third-order valence-corrected chi connectivity index (χ3v) is 12.4. The molecule has 0 N–H and O–H groups in total. The Bertz CT molecular complexity index is 3810. The first-order valence-corrected chi connectivity index (χ1v) is 19.6. The van der Waals surface area contributed by atoms with Gasteiger partial charge in [0.1, 0.15) is 11.2 Å². The molecular weight excluding hydrogens is 691 g/mol. The Morgan fingerprint density at radius 1 is 0.316 bits per heavy atom. The van der Waals surface area contributed by atoms with Gasteiger partial charge in [0.2, 0.25) is 0 Å². The summed E-state index contributed by atoms with van der Waals surface area (Å²) in [7, 11) is 0. The fourth-order valence-electron chi connectivity index (χ4n) is 9.95. The number of fused-ring (bicyclic) bond motifs is 16. The topological polar surface area (TPSA) is 26.0 Å². The molecule has 2 nitrogen and oxygen atoms in total. The van der Waals surface area contributed by atoms with Crippen LogP contribution in [0.1, 0.15) is 0 Å². The monoisotopic (exact) mass is 721 g/mol. The van der Waals surface area contributed by atoms with Gasteiger partial charge < -0.3 is 4.42 Å². The molecular formula is C55H31NO. The number of pyridine rings is 1. The van der Waals surface area contributed by atoms with Gasteiger partial charge >= 0.3 is 0 Å². The number of hydrogen-bond acceptors (Lipinski definition) is 2. The summed E-state index contributed by atoms with van der Waals surface area (Å²) in [4.78, 5) is 5.74. The maximum absolute atomic E-state index is 7.04. The molecule has 262 valence electrons. The quantitative estimate of drug-likeness (QED) is 0.131. The Labute approximate surface area is 326 Å². The molecule has 0 amide bonds. The van der Waals surface area contributed by atoms with E-state index in [1.54, 1.807) is 0 Å². The molecule has 0 bridgehead atoms. The molecule has 0 aliphatic heterocycles. The lowest BCUT2D eigenvalue weighted by Gasteiger charge is -2.20. The molecule has 0 atom stereocenters. The SMILES string of the molecule is c1ccc2c(c1)ccc1c2nc(-c2c3ccccc3c(-c3cc4ccccc4c4c3oc3ccc5ccccc5c34)c3ccccc23)c2ccc3ccccc3c21. The molecule has 0 saturated heterocycles. The Morgan fingerprint density at radius 3 is 1.40 bits per heavy atom. The first-order valence-electron chi connectivity index (χ1n) is 19.6. The molecule has 0 saturated carbocycles. The van der Waals surface area contributed by atoms with Crippen molar-refractivity contribution in [2.75, 3.05) is 0 Å². The highest BCUT2D eigenvalue weighted by Crippen LogP contribution is 2.50. The fourth-order valence-corrected chi connectivity index (χ4v) is 9.95. The first-order chi connectivity index (χ1) is 28.3. The zero-order valence-corrected chi connectivity index (χ0v) is 30.8. The van der Waals surface area contributed by atoms with E-state index < -0.39 is 0 Å². The molecule has 0 aliphatic rings. The maximum Gasteiger partial charge on any atom is 0.143 e. The number of rotatable bonds is 2. The average molecular weight is 722 g/mol. The van der Waals surface area contributed by atoms with Crippen LogP contribution in [0, 0.1) is 0 Å². The molecule has 0 fully saturated rings. The van der Waals surface area contributed by atoms with Gasteiger partial charge in [-0.15, -0.1) is 0 Å². The van der Waals surface area contributed by atoms with Gasteiger partial charge in [0.05, 0.1) is 11.2 Å². The van der Waals surface area contributed by atoms with Gasteiger partial charge in [0, 0.05) is 49.0 Å². The van der Waals surface area contributed by atoms with Crippen molar-refractivity contribution < 1.29 is 4.42 Å². The van der Waals surface area contributed by atoms with Crippen LogP contribution in [0.15, 0.2) is 192 Å². The summed E-state index contributed by atoms with van der Waals surface area (Å²) in [6.45, 7) is 0. The lowest BCUT2D eigenvalue weighted by Crippen LogP contribution is -1.96. The molecule has 0 aliphatic carbocycles. The minimum absolute atomic E-state index is 0.901. The van der Waals surface area contributed by atoms with Gasteiger partial charge in [-0.25, -0.2) is 4.98 Å². The van der Waals surface area contributed by atoms with Gasteiger partial charge in [0.25, 0.3) is 0 Å². The van der Waals surface area contributed by atoms with E-state index in [0.29, 0.717) is 0 Å². The standard InChI is InChI=1S/C55H31NO/c1-5-17-36-32(13-1)25-29-45-48(36)44-28-26-34-15-3-8-20-39(34)53(44)56-54(45)50-42-23-11-9-21-40(42)49(41-22-10-12-24-43(41)50)46-31-35-16-4-7-19-38(35)52-51-37-18-6-2-14-33(37)27-30-47(51)57-55(46)52/h1-31H. The van der Waals surface area contributed by atoms with Crippen molar-refractivity contribution in [2.24, 2.45) is 0 Å². The van der Waals surface area contributed by atoms with Crippen molar-refractivity contribution in [3.05, 3.63) is 188 Å².